The van der Waals surface area contributed by atoms with E-state index >= 15 is 0 Å². The number of anilines is 1. The van der Waals surface area contributed by atoms with E-state index in [1.807, 2.05) is 11.9 Å². The standard InChI is InChI=1S/C14H22N6O/c1-6-11(2)20(4)10-15-9-18-12(3)19-14-16-7-13(21-5)8-17-14/h7-11H,3,6H2,1-2,4-5H3,(H,16,17,19)/b15-10+,18-9-. The predicted molar refractivity (Wildman–Crippen MR) is 85.8 cm³/mol. The van der Waals surface area contributed by atoms with Crippen LogP contribution in [0.5, 0.6) is 5.75 Å². The average molecular weight is 290 g/mol. The molecule has 7 heteroatoms. The fourth-order valence-corrected chi connectivity index (χ4v) is 1.29. The molecule has 0 fully saturated rings. The van der Waals surface area contributed by atoms with Gasteiger partial charge in [0.15, 0.2) is 5.75 Å². The maximum absolute atomic E-state index is 4.98. The van der Waals surface area contributed by atoms with Crippen molar-refractivity contribution >= 4 is 18.6 Å². The van der Waals surface area contributed by atoms with Crippen molar-refractivity contribution in [3.05, 3.63) is 24.8 Å². The van der Waals surface area contributed by atoms with E-state index in [0.29, 0.717) is 23.6 Å². The van der Waals surface area contributed by atoms with Gasteiger partial charge in [-0.1, -0.05) is 13.5 Å². The Morgan fingerprint density at radius 1 is 1.52 bits per heavy atom. The largest absolute Gasteiger partial charge is 0.494 e. The summed E-state index contributed by atoms with van der Waals surface area (Å²) in [4.78, 5) is 18.3. The second-order valence-electron chi connectivity index (χ2n) is 4.45. The quantitative estimate of drug-likeness (QED) is 0.586. The summed E-state index contributed by atoms with van der Waals surface area (Å²) in [7, 11) is 3.53. The van der Waals surface area contributed by atoms with E-state index in [9.17, 15) is 0 Å². The molecule has 1 aromatic heterocycles. The topological polar surface area (TPSA) is 75.0 Å². The van der Waals surface area contributed by atoms with Crippen LogP contribution in [0.2, 0.25) is 0 Å². The number of aliphatic imine (C=N–C) groups is 2. The molecule has 1 N–H and O–H groups in total. The lowest BCUT2D eigenvalue weighted by atomic mass is 10.2. The molecule has 0 amide bonds. The highest BCUT2D eigenvalue weighted by molar-refractivity contribution is 5.71. The lowest BCUT2D eigenvalue weighted by molar-refractivity contribution is 0.391. The Balaban J connectivity index is 2.45. The molecule has 0 radical (unpaired) electrons. The third-order valence-electron chi connectivity index (χ3n) is 2.94. The molecule has 0 aliphatic rings. The zero-order chi connectivity index (χ0) is 15.7. The van der Waals surface area contributed by atoms with Gasteiger partial charge in [-0.05, 0) is 13.3 Å². The van der Waals surface area contributed by atoms with Crippen LogP contribution in [0, 0.1) is 0 Å². The van der Waals surface area contributed by atoms with Crippen LogP contribution in [0.25, 0.3) is 0 Å². The normalized spacial score (nSPS) is 12.6. The highest BCUT2D eigenvalue weighted by Gasteiger charge is 2.00. The minimum Gasteiger partial charge on any atom is -0.494 e. The molecule has 1 unspecified atom stereocenters. The first-order chi connectivity index (χ1) is 10.1. The summed E-state index contributed by atoms with van der Waals surface area (Å²) in [5.41, 5.74) is 0. The van der Waals surface area contributed by atoms with Gasteiger partial charge in [0.25, 0.3) is 0 Å². The molecule has 114 valence electrons. The van der Waals surface area contributed by atoms with E-state index < -0.39 is 0 Å². The third kappa shape index (κ3) is 6.03. The van der Waals surface area contributed by atoms with Gasteiger partial charge < -0.3 is 15.0 Å². The van der Waals surface area contributed by atoms with Gasteiger partial charge in [-0.3, -0.25) is 0 Å². The zero-order valence-corrected chi connectivity index (χ0v) is 12.9. The van der Waals surface area contributed by atoms with Crippen molar-refractivity contribution in [1.29, 1.82) is 0 Å². The van der Waals surface area contributed by atoms with Crippen molar-refractivity contribution in [3.63, 3.8) is 0 Å². The van der Waals surface area contributed by atoms with Gasteiger partial charge in [0.05, 0.1) is 25.8 Å². The second kappa shape index (κ2) is 8.68. The van der Waals surface area contributed by atoms with Crippen molar-refractivity contribution in [1.82, 2.24) is 14.9 Å². The van der Waals surface area contributed by atoms with Crippen molar-refractivity contribution in [2.45, 2.75) is 26.3 Å². The fraction of sp³-hybridized carbons (Fsp3) is 0.429. The van der Waals surface area contributed by atoms with Gasteiger partial charge in [0, 0.05) is 13.1 Å². The maximum Gasteiger partial charge on any atom is 0.228 e. The summed E-state index contributed by atoms with van der Waals surface area (Å²) < 4.78 is 4.98. The number of hydrogen-bond acceptors (Lipinski definition) is 5. The highest BCUT2D eigenvalue weighted by Crippen LogP contribution is 2.08. The van der Waals surface area contributed by atoms with Crippen LogP contribution in [0.1, 0.15) is 20.3 Å². The lowest BCUT2D eigenvalue weighted by Crippen LogP contribution is -2.26. The smallest absolute Gasteiger partial charge is 0.228 e. The number of nitrogens with zero attached hydrogens (tertiary/aromatic N) is 5. The Morgan fingerprint density at radius 2 is 2.19 bits per heavy atom. The Hall–Kier alpha value is -2.44. The van der Waals surface area contributed by atoms with Crippen LogP contribution >= 0.6 is 0 Å². The van der Waals surface area contributed by atoms with Crippen molar-refractivity contribution in [2.24, 2.45) is 9.98 Å². The molecule has 1 rings (SSSR count). The molecule has 0 saturated heterocycles. The Kier molecular flexibility index (Phi) is 6.86. The molecule has 1 aromatic rings. The highest BCUT2D eigenvalue weighted by atomic mass is 16.5. The Bertz CT molecular complexity index is 497. The van der Waals surface area contributed by atoms with Crippen LogP contribution in [-0.4, -0.2) is 47.7 Å². The SMILES string of the molecule is C=C(/N=C\N=C\N(C)C(C)CC)Nc1ncc(OC)cn1. The molecular formula is C14H22N6O. The van der Waals surface area contributed by atoms with Crippen LogP contribution < -0.4 is 10.1 Å². The lowest BCUT2D eigenvalue weighted by Gasteiger charge is -2.19. The molecule has 0 bridgehead atoms. The van der Waals surface area contributed by atoms with E-state index in [1.54, 1.807) is 25.8 Å². The number of hydrogen-bond donors (Lipinski definition) is 1. The molecule has 7 nitrogen and oxygen atoms in total. The zero-order valence-electron chi connectivity index (χ0n) is 12.9. The second-order valence-corrected chi connectivity index (χ2v) is 4.45. The Morgan fingerprint density at radius 3 is 2.76 bits per heavy atom. The van der Waals surface area contributed by atoms with Gasteiger partial charge in [0.2, 0.25) is 5.95 Å². The van der Waals surface area contributed by atoms with E-state index in [-0.39, 0.29) is 0 Å². The molecule has 1 heterocycles. The van der Waals surface area contributed by atoms with Crippen LogP contribution in [0.4, 0.5) is 5.95 Å². The van der Waals surface area contributed by atoms with Crippen LogP contribution in [0.3, 0.4) is 0 Å². The Labute approximate surface area is 125 Å². The molecular weight excluding hydrogens is 268 g/mol. The summed E-state index contributed by atoms with van der Waals surface area (Å²) in [5, 5.41) is 2.86. The third-order valence-corrected chi connectivity index (χ3v) is 2.94. The summed E-state index contributed by atoms with van der Waals surface area (Å²) in [6.07, 6.45) is 7.34. The number of rotatable bonds is 8. The average Bonchev–Trinajstić information content (AvgIpc) is 2.51. The summed E-state index contributed by atoms with van der Waals surface area (Å²) in [6, 6.07) is 0.441. The van der Waals surface area contributed by atoms with Crippen LogP contribution in [-0.2, 0) is 0 Å². The van der Waals surface area contributed by atoms with Gasteiger partial charge in [0.1, 0.15) is 12.2 Å². The molecule has 1 atom stereocenters. The monoisotopic (exact) mass is 290 g/mol. The van der Waals surface area contributed by atoms with Crippen molar-refractivity contribution < 1.29 is 4.74 Å². The molecule has 0 aromatic carbocycles. The van der Waals surface area contributed by atoms with Gasteiger partial charge in [-0.2, -0.15) is 0 Å². The van der Waals surface area contributed by atoms with Crippen LogP contribution in [0.15, 0.2) is 34.8 Å². The number of aromatic nitrogens is 2. The minimum absolute atomic E-state index is 0.402. The van der Waals surface area contributed by atoms with E-state index in [1.165, 1.54) is 6.34 Å². The first-order valence-electron chi connectivity index (χ1n) is 6.66. The number of nitrogens with one attached hydrogen (secondary N) is 1. The van der Waals surface area contributed by atoms with E-state index in [0.717, 1.165) is 6.42 Å². The molecule has 0 saturated carbocycles. The van der Waals surface area contributed by atoms with E-state index in [2.05, 4.69) is 45.7 Å². The van der Waals surface area contributed by atoms with Crippen molar-refractivity contribution in [3.8, 4) is 5.75 Å². The summed E-state index contributed by atoms with van der Waals surface area (Å²) in [5.74, 6) is 1.40. The first-order valence-corrected chi connectivity index (χ1v) is 6.66. The molecule has 0 spiro atoms. The van der Waals surface area contributed by atoms with Gasteiger partial charge in [-0.25, -0.2) is 20.0 Å². The van der Waals surface area contributed by atoms with Gasteiger partial charge >= 0.3 is 0 Å². The number of methoxy groups -OCH3 is 1. The minimum atomic E-state index is 0.402. The van der Waals surface area contributed by atoms with E-state index in [4.69, 9.17) is 4.74 Å². The fourth-order valence-electron chi connectivity index (χ4n) is 1.29. The molecule has 21 heavy (non-hydrogen) atoms. The summed E-state index contributed by atoms with van der Waals surface area (Å²) in [6.45, 7) is 8.01. The first kappa shape index (κ1) is 16.6. The van der Waals surface area contributed by atoms with Crippen molar-refractivity contribution in [2.75, 3.05) is 19.5 Å². The summed E-state index contributed by atoms with van der Waals surface area (Å²) >= 11 is 0. The maximum atomic E-state index is 4.98. The molecule has 0 aliphatic carbocycles. The number of ether oxygens (including phenoxy) is 1. The molecule has 0 aliphatic heterocycles. The predicted octanol–water partition coefficient (Wildman–Crippen LogP) is 2.16. The van der Waals surface area contributed by atoms with Gasteiger partial charge in [-0.15, -0.1) is 0 Å².